The zero-order chi connectivity index (χ0) is 14.4. The number of ether oxygens (including phenoxy) is 1. The first kappa shape index (κ1) is 14.2. The van der Waals surface area contributed by atoms with Crippen LogP contribution in [0.1, 0.15) is 10.5 Å². The van der Waals surface area contributed by atoms with Crippen molar-refractivity contribution >= 4 is 5.91 Å². The van der Waals surface area contributed by atoms with Crippen molar-refractivity contribution in [1.29, 1.82) is 0 Å². The summed E-state index contributed by atoms with van der Waals surface area (Å²) < 4.78 is 10.0. The quantitative estimate of drug-likeness (QED) is 0.824. The Morgan fingerprint density at radius 2 is 2.20 bits per heavy atom. The number of amides is 1. The van der Waals surface area contributed by atoms with Crippen LogP contribution in [0.4, 0.5) is 0 Å². The summed E-state index contributed by atoms with van der Waals surface area (Å²) in [5.74, 6) is 0.107. The van der Waals surface area contributed by atoms with Crippen LogP contribution >= 0.6 is 0 Å². The Labute approximate surface area is 116 Å². The van der Waals surface area contributed by atoms with Gasteiger partial charge >= 0.3 is 0 Å². The standard InChI is InChI=1S/C14H16N2O4/c1-19-9-11(8-17)15-14(18)12-7-13(20-16-12)10-5-3-2-4-6-10/h2-7,11,17H,8-9H2,1H3,(H,15,18). The molecular formula is C14H16N2O4. The summed E-state index contributed by atoms with van der Waals surface area (Å²) in [5.41, 5.74) is 1.01. The van der Waals surface area contributed by atoms with Crippen LogP contribution in [0.3, 0.4) is 0 Å². The zero-order valence-corrected chi connectivity index (χ0v) is 11.1. The first-order valence-corrected chi connectivity index (χ1v) is 6.17. The highest BCUT2D eigenvalue weighted by Gasteiger charge is 2.17. The van der Waals surface area contributed by atoms with E-state index in [9.17, 15) is 4.79 Å². The van der Waals surface area contributed by atoms with Crippen LogP contribution in [0.15, 0.2) is 40.9 Å². The first-order valence-electron chi connectivity index (χ1n) is 6.17. The molecule has 0 aliphatic heterocycles. The highest BCUT2D eigenvalue weighted by molar-refractivity contribution is 5.93. The molecule has 0 saturated heterocycles. The maximum Gasteiger partial charge on any atom is 0.273 e. The minimum atomic E-state index is -0.468. The molecule has 1 aromatic carbocycles. The van der Waals surface area contributed by atoms with Gasteiger partial charge < -0.3 is 19.7 Å². The van der Waals surface area contributed by atoms with Gasteiger partial charge in [0.25, 0.3) is 5.91 Å². The van der Waals surface area contributed by atoms with E-state index in [1.165, 1.54) is 7.11 Å². The summed E-state index contributed by atoms with van der Waals surface area (Å²) in [5, 5.41) is 15.4. The third-order valence-electron chi connectivity index (χ3n) is 2.72. The van der Waals surface area contributed by atoms with Crippen molar-refractivity contribution in [2.24, 2.45) is 0 Å². The molecule has 2 aromatic rings. The van der Waals surface area contributed by atoms with Gasteiger partial charge in [0, 0.05) is 18.7 Å². The number of aromatic nitrogens is 1. The van der Waals surface area contributed by atoms with Gasteiger partial charge in [0.2, 0.25) is 0 Å². The number of hydrogen-bond acceptors (Lipinski definition) is 5. The van der Waals surface area contributed by atoms with Gasteiger partial charge in [-0.05, 0) is 0 Å². The molecule has 20 heavy (non-hydrogen) atoms. The minimum absolute atomic E-state index is 0.165. The molecule has 1 aromatic heterocycles. The average molecular weight is 276 g/mol. The van der Waals surface area contributed by atoms with Gasteiger partial charge in [0.15, 0.2) is 11.5 Å². The highest BCUT2D eigenvalue weighted by atomic mass is 16.5. The van der Waals surface area contributed by atoms with Gasteiger partial charge in [0.05, 0.1) is 19.3 Å². The maximum atomic E-state index is 11.9. The summed E-state index contributed by atoms with van der Waals surface area (Å²) in [6, 6.07) is 10.5. The Hall–Kier alpha value is -2.18. The van der Waals surface area contributed by atoms with E-state index in [1.54, 1.807) is 6.07 Å². The van der Waals surface area contributed by atoms with Crippen molar-refractivity contribution in [3.8, 4) is 11.3 Å². The van der Waals surface area contributed by atoms with Crippen LogP contribution in [0.2, 0.25) is 0 Å². The molecule has 0 aliphatic rings. The van der Waals surface area contributed by atoms with Gasteiger partial charge in [0.1, 0.15) is 0 Å². The lowest BCUT2D eigenvalue weighted by atomic mass is 10.1. The van der Waals surface area contributed by atoms with Crippen molar-refractivity contribution in [2.75, 3.05) is 20.3 Å². The molecule has 0 fully saturated rings. The zero-order valence-electron chi connectivity index (χ0n) is 11.1. The second-order valence-corrected chi connectivity index (χ2v) is 4.25. The normalized spacial score (nSPS) is 12.1. The van der Waals surface area contributed by atoms with E-state index in [0.29, 0.717) is 5.76 Å². The van der Waals surface area contributed by atoms with Crippen molar-refractivity contribution in [3.63, 3.8) is 0 Å². The third-order valence-corrected chi connectivity index (χ3v) is 2.72. The summed E-state index contributed by atoms with van der Waals surface area (Å²) in [7, 11) is 1.50. The number of carbonyl (C=O) groups excluding carboxylic acids is 1. The topological polar surface area (TPSA) is 84.6 Å². The predicted molar refractivity (Wildman–Crippen MR) is 72.2 cm³/mol. The molecule has 0 radical (unpaired) electrons. The molecule has 0 saturated carbocycles. The molecule has 1 heterocycles. The predicted octanol–water partition coefficient (Wildman–Crippen LogP) is 1.08. The van der Waals surface area contributed by atoms with Crippen LogP contribution in [-0.4, -0.2) is 42.5 Å². The first-order chi connectivity index (χ1) is 9.74. The number of aliphatic hydroxyl groups is 1. The monoisotopic (exact) mass is 276 g/mol. The van der Waals surface area contributed by atoms with E-state index >= 15 is 0 Å². The minimum Gasteiger partial charge on any atom is -0.394 e. The lowest BCUT2D eigenvalue weighted by Crippen LogP contribution is -2.40. The second kappa shape index (κ2) is 6.83. The van der Waals surface area contributed by atoms with Crippen molar-refractivity contribution < 1.29 is 19.2 Å². The van der Waals surface area contributed by atoms with E-state index in [4.69, 9.17) is 14.4 Å². The van der Waals surface area contributed by atoms with Gasteiger partial charge in [-0.1, -0.05) is 35.5 Å². The number of benzene rings is 1. The molecule has 0 bridgehead atoms. The van der Waals surface area contributed by atoms with Crippen LogP contribution in [-0.2, 0) is 4.74 Å². The molecule has 106 valence electrons. The van der Waals surface area contributed by atoms with E-state index in [2.05, 4.69) is 10.5 Å². The Balaban J connectivity index is 2.07. The van der Waals surface area contributed by atoms with E-state index in [1.807, 2.05) is 30.3 Å². The molecule has 1 atom stereocenters. The molecular weight excluding hydrogens is 260 g/mol. The van der Waals surface area contributed by atoms with Crippen LogP contribution in [0, 0.1) is 0 Å². The van der Waals surface area contributed by atoms with E-state index in [0.717, 1.165) is 5.56 Å². The number of rotatable bonds is 6. The summed E-state index contributed by atoms with van der Waals surface area (Å²) in [4.78, 5) is 11.9. The highest BCUT2D eigenvalue weighted by Crippen LogP contribution is 2.19. The number of nitrogens with zero attached hydrogens (tertiary/aromatic N) is 1. The molecule has 1 amide bonds. The number of nitrogens with one attached hydrogen (secondary N) is 1. The molecule has 6 heteroatoms. The Bertz CT molecular complexity index is 553. The summed E-state index contributed by atoms with van der Waals surface area (Å²) in [6.07, 6.45) is 0. The van der Waals surface area contributed by atoms with Crippen molar-refractivity contribution in [2.45, 2.75) is 6.04 Å². The van der Waals surface area contributed by atoms with Crippen LogP contribution in [0.5, 0.6) is 0 Å². The van der Waals surface area contributed by atoms with Gasteiger partial charge in [-0.2, -0.15) is 0 Å². The molecule has 1 unspecified atom stereocenters. The lowest BCUT2D eigenvalue weighted by Gasteiger charge is -2.13. The van der Waals surface area contributed by atoms with Gasteiger partial charge in [-0.25, -0.2) is 0 Å². The lowest BCUT2D eigenvalue weighted by molar-refractivity contribution is 0.0831. The molecule has 0 aliphatic carbocycles. The molecule has 2 N–H and O–H groups in total. The maximum absolute atomic E-state index is 11.9. The summed E-state index contributed by atoms with van der Waals surface area (Å²) in [6.45, 7) is 0.0224. The van der Waals surface area contributed by atoms with Crippen molar-refractivity contribution in [3.05, 3.63) is 42.1 Å². The smallest absolute Gasteiger partial charge is 0.273 e. The Morgan fingerprint density at radius 3 is 2.85 bits per heavy atom. The van der Waals surface area contributed by atoms with Crippen molar-refractivity contribution in [1.82, 2.24) is 10.5 Å². The summed E-state index contributed by atoms with van der Waals surface area (Å²) >= 11 is 0. The molecule has 6 nitrogen and oxygen atoms in total. The molecule has 0 spiro atoms. The number of methoxy groups -OCH3 is 1. The third kappa shape index (κ3) is 3.43. The fraction of sp³-hybridized carbons (Fsp3) is 0.286. The van der Waals surface area contributed by atoms with E-state index < -0.39 is 11.9 Å². The SMILES string of the molecule is COCC(CO)NC(=O)c1cc(-c2ccccc2)on1. The van der Waals surface area contributed by atoms with Crippen LogP contribution < -0.4 is 5.32 Å². The van der Waals surface area contributed by atoms with Gasteiger partial charge in [-0.15, -0.1) is 0 Å². The van der Waals surface area contributed by atoms with E-state index in [-0.39, 0.29) is 18.9 Å². The fourth-order valence-electron chi connectivity index (χ4n) is 1.72. The fourth-order valence-corrected chi connectivity index (χ4v) is 1.72. The number of carbonyl (C=O) groups is 1. The Morgan fingerprint density at radius 1 is 1.45 bits per heavy atom. The average Bonchev–Trinajstić information content (AvgIpc) is 2.97. The Kier molecular flexibility index (Phi) is 4.86. The molecule has 2 rings (SSSR count). The second-order valence-electron chi connectivity index (χ2n) is 4.25. The number of aliphatic hydroxyl groups excluding tert-OH is 1. The van der Waals surface area contributed by atoms with Crippen LogP contribution in [0.25, 0.3) is 11.3 Å². The van der Waals surface area contributed by atoms with Gasteiger partial charge in [-0.3, -0.25) is 4.79 Å². The number of hydrogen-bond donors (Lipinski definition) is 2. The largest absolute Gasteiger partial charge is 0.394 e.